The van der Waals surface area contributed by atoms with Crippen molar-refractivity contribution >= 4 is 22.9 Å². The van der Waals surface area contributed by atoms with E-state index >= 15 is 0 Å². The molecule has 1 aromatic heterocycles. The minimum Gasteiger partial charge on any atom is -0.310 e. The molecule has 0 atom stereocenters. The molecule has 0 spiro atoms. The Labute approximate surface area is 106 Å². The van der Waals surface area contributed by atoms with Crippen LogP contribution in [0.15, 0.2) is 17.8 Å². The molecular formula is C12H17ClN2S. The Morgan fingerprint density at radius 3 is 3.06 bits per heavy atom. The summed E-state index contributed by atoms with van der Waals surface area (Å²) in [5.41, 5.74) is 1.62. The second kappa shape index (κ2) is 6.38. The van der Waals surface area contributed by atoms with Gasteiger partial charge in [-0.05, 0) is 38.6 Å². The van der Waals surface area contributed by atoms with Crippen molar-refractivity contribution in [1.29, 1.82) is 0 Å². The molecule has 2 nitrogen and oxygen atoms in total. The minimum absolute atomic E-state index is 0.770. The second-order valence-electron chi connectivity index (χ2n) is 4.09. The fourth-order valence-corrected chi connectivity index (χ4v) is 2.87. The predicted molar refractivity (Wildman–Crippen MR) is 70.0 cm³/mol. The van der Waals surface area contributed by atoms with Crippen LogP contribution >= 0.6 is 22.9 Å². The molecule has 1 aliphatic rings. The summed E-state index contributed by atoms with van der Waals surface area (Å²) in [7, 11) is 0. The van der Waals surface area contributed by atoms with Gasteiger partial charge in [0.2, 0.25) is 0 Å². The van der Waals surface area contributed by atoms with Gasteiger partial charge < -0.3 is 5.32 Å². The molecular weight excluding hydrogens is 240 g/mol. The quantitative estimate of drug-likeness (QED) is 0.641. The molecule has 0 unspecified atom stereocenters. The van der Waals surface area contributed by atoms with Crippen LogP contribution in [-0.4, -0.2) is 11.5 Å². The third-order valence-electron chi connectivity index (χ3n) is 2.81. The number of nitrogens with one attached hydrogen (secondary N) is 1. The van der Waals surface area contributed by atoms with Gasteiger partial charge in [-0.3, -0.25) is 0 Å². The number of hydrogen-bond acceptors (Lipinski definition) is 3. The van der Waals surface area contributed by atoms with Crippen molar-refractivity contribution in [3.63, 3.8) is 0 Å². The van der Waals surface area contributed by atoms with Crippen LogP contribution in [0.4, 0.5) is 0 Å². The zero-order valence-corrected chi connectivity index (χ0v) is 10.9. The Kier molecular flexibility index (Phi) is 4.82. The average molecular weight is 257 g/mol. The van der Waals surface area contributed by atoms with Crippen LogP contribution in [0.2, 0.25) is 4.34 Å². The summed E-state index contributed by atoms with van der Waals surface area (Å²) in [5.74, 6) is 0. The topological polar surface area (TPSA) is 24.9 Å². The number of rotatable bonds is 5. The summed E-state index contributed by atoms with van der Waals surface area (Å²) in [6.45, 7) is 1.88. The van der Waals surface area contributed by atoms with Gasteiger partial charge in [-0.15, -0.1) is 11.3 Å². The number of hydrogen-bond donors (Lipinski definition) is 1. The molecule has 16 heavy (non-hydrogen) atoms. The van der Waals surface area contributed by atoms with E-state index in [0.29, 0.717) is 0 Å². The Morgan fingerprint density at radius 1 is 1.44 bits per heavy atom. The second-order valence-corrected chi connectivity index (χ2v) is 5.84. The summed E-state index contributed by atoms with van der Waals surface area (Å²) >= 11 is 7.37. The maximum atomic E-state index is 5.81. The van der Waals surface area contributed by atoms with Crippen LogP contribution in [0.1, 0.15) is 37.1 Å². The number of halogens is 1. The van der Waals surface area contributed by atoms with E-state index in [-0.39, 0.29) is 0 Å². The first-order chi connectivity index (χ1) is 7.84. The Hall–Kier alpha value is -0.380. The summed E-state index contributed by atoms with van der Waals surface area (Å²) in [6, 6.07) is 0. The van der Waals surface area contributed by atoms with Crippen LogP contribution in [0, 0.1) is 0 Å². The molecule has 88 valence electrons. The maximum Gasteiger partial charge on any atom is 0.113 e. The number of nitrogens with zero attached hydrogens (tertiary/aromatic N) is 1. The molecule has 1 aromatic rings. The average Bonchev–Trinajstić information content (AvgIpc) is 2.72. The van der Waals surface area contributed by atoms with Gasteiger partial charge in [-0.1, -0.05) is 23.3 Å². The van der Waals surface area contributed by atoms with E-state index in [1.165, 1.54) is 32.1 Å². The molecule has 0 saturated heterocycles. The maximum absolute atomic E-state index is 5.81. The van der Waals surface area contributed by atoms with Gasteiger partial charge >= 0.3 is 0 Å². The van der Waals surface area contributed by atoms with Crippen molar-refractivity contribution in [3.8, 4) is 0 Å². The fraction of sp³-hybridized carbons (Fsp3) is 0.583. The first-order valence-corrected chi connectivity index (χ1v) is 7.03. The molecule has 1 aliphatic carbocycles. The largest absolute Gasteiger partial charge is 0.310 e. The highest BCUT2D eigenvalue weighted by atomic mass is 35.5. The minimum atomic E-state index is 0.770. The summed E-state index contributed by atoms with van der Waals surface area (Å²) in [4.78, 5) is 4.21. The zero-order valence-electron chi connectivity index (χ0n) is 9.34. The first kappa shape index (κ1) is 12.1. The van der Waals surface area contributed by atoms with Crippen molar-refractivity contribution in [3.05, 3.63) is 27.2 Å². The standard InChI is InChI=1S/C12H17ClN2S/c13-11-8-15-12(16-11)9-14-7-6-10-4-2-1-3-5-10/h4,8,14H,1-3,5-7,9H2. The van der Waals surface area contributed by atoms with E-state index in [1.807, 2.05) is 0 Å². The van der Waals surface area contributed by atoms with Crippen LogP contribution < -0.4 is 5.32 Å². The van der Waals surface area contributed by atoms with Crippen molar-refractivity contribution < 1.29 is 0 Å². The lowest BCUT2D eigenvalue weighted by Crippen LogP contribution is -2.15. The first-order valence-electron chi connectivity index (χ1n) is 5.83. The van der Waals surface area contributed by atoms with E-state index in [4.69, 9.17) is 11.6 Å². The zero-order chi connectivity index (χ0) is 11.2. The van der Waals surface area contributed by atoms with Crippen molar-refractivity contribution in [2.24, 2.45) is 0 Å². The van der Waals surface area contributed by atoms with Crippen LogP contribution in [-0.2, 0) is 6.54 Å². The van der Waals surface area contributed by atoms with Gasteiger partial charge in [0.25, 0.3) is 0 Å². The van der Waals surface area contributed by atoms with Crippen LogP contribution in [0.3, 0.4) is 0 Å². The van der Waals surface area contributed by atoms with Crippen LogP contribution in [0.25, 0.3) is 0 Å². The predicted octanol–water partition coefficient (Wildman–Crippen LogP) is 3.78. The Balaban J connectivity index is 1.63. The van der Waals surface area contributed by atoms with E-state index in [1.54, 1.807) is 23.1 Å². The molecule has 1 N–H and O–H groups in total. The van der Waals surface area contributed by atoms with Gasteiger partial charge in [-0.25, -0.2) is 4.98 Å². The molecule has 0 aromatic carbocycles. The number of allylic oxidation sites excluding steroid dienone is 1. The van der Waals surface area contributed by atoms with Gasteiger partial charge in [0.05, 0.1) is 6.20 Å². The third-order valence-corrected chi connectivity index (χ3v) is 3.92. The van der Waals surface area contributed by atoms with E-state index in [0.717, 1.165) is 22.4 Å². The smallest absolute Gasteiger partial charge is 0.113 e. The molecule has 1 heterocycles. The molecule has 0 saturated carbocycles. The summed E-state index contributed by atoms with van der Waals surface area (Å²) in [5, 5.41) is 4.48. The Bertz CT molecular complexity index is 360. The molecule has 0 fully saturated rings. The van der Waals surface area contributed by atoms with Gasteiger partial charge in [0.1, 0.15) is 9.34 Å². The lowest BCUT2D eigenvalue weighted by molar-refractivity contribution is 0.631. The van der Waals surface area contributed by atoms with Crippen molar-refractivity contribution in [2.75, 3.05) is 6.54 Å². The third kappa shape index (κ3) is 3.89. The van der Waals surface area contributed by atoms with Crippen molar-refractivity contribution in [1.82, 2.24) is 10.3 Å². The highest BCUT2D eigenvalue weighted by Gasteiger charge is 2.03. The Morgan fingerprint density at radius 2 is 2.38 bits per heavy atom. The summed E-state index contributed by atoms with van der Waals surface area (Å²) < 4.78 is 0.770. The van der Waals surface area contributed by atoms with Gasteiger partial charge in [0.15, 0.2) is 0 Å². The highest BCUT2D eigenvalue weighted by molar-refractivity contribution is 7.15. The molecule has 4 heteroatoms. The van der Waals surface area contributed by atoms with E-state index in [2.05, 4.69) is 16.4 Å². The SMILES string of the molecule is Clc1cnc(CNCCC2=CCCCC2)s1. The highest BCUT2D eigenvalue weighted by Crippen LogP contribution is 2.20. The summed E-state index contributed by atoms with van der Waals surface area (Å²) in [6.07, 6.45) is 10.6. The van der Waals surface area contributed by atoms with Gasteiger partial charge in [0, 0.05) is 6.54 Å². The monoisotopic (exact) mass is 256 g/mol. The van der Waals surface area contributed by atoms with Crippen molar-refractivity contribution in [2.45, 2.75) is 38.6 Å². The fourth-order valence-electron chi connectivity index (χ4n) is 1.95. The number of aromatic nitrogens is 1. The lowest BCUT2D eigenvalue weighted by atomic mass is 9.97. The number of thiazole rings is 1. The van der Waals surface area contributed by atoms with E-state index in [9.17, 15) is 0 Å². The normalized spacial score (nSPS) is 16.2. The molecule has 2 rings (SSSR count). The van der Waals surface area contributed by atoms with Crippen LogP contribution in [0.5, 0.6) is 0 Å². The molecule has 0 aliphatic heterocycles. The van der Waals surface area contributed by atoms with E-state index < -0.39 is 0 Å². The lowest BCUT2D eigenvalue weighted by Gasteiger charge is -2.12. The van der Waals surface area contributed by atoms with Gasteiger partial charge in [-0.2, -0.15) is 0 Å². The molecule has 0 bridgehead atoms. The molecule has 0 amide bonds. The molecule has 0 radical (unpaired) electrons.